The van der Waals surface area contributed by atoms with Crippen molar-refractivity contribution in [3.05, 3.63) is 47.1 Å². The molecule has 5 nitrogen and oxygen atoms in total. The Hall–Kier alpha value is -2.27. The first-order valence-electron chi connectivity index (χ1n) is 5.40. The zero-order chi connectivity index (χ0) is 13.8. The summed E-state index contributed by atoms with van der Waals surface area (Å²) in [5, 5.41) is 12.1. The van der Waals surface area contributed by atoms with Crippen molar-refractivity contribution in [1.29, 1.82) is 0 Å². The van der Waals surface area contributed by atoms with Crippen LogP contribution in [0.4, 0.5) is 11.5 Å². The molecule has 0 aliphatic heterocycles. The van der Waals surface area contributed by atoms with Gasteiger partial charge in [-0.15, -0.1) is 0 Å². The standard InChI is InChI=1S/C13H11ClN2O3/c1-19-11-5-3-2-4-10(11)16-12-9(14)6-8(7-15-12)13(17)18/h2-7H,1H3,(H,15,16)(H,17,18). The third-order valence-corrected chi connectivity index (χ3v) is 2.74. The van der Waals surface area contributed by atoms with Gasteiger partial charge in [0.15, 0.2) is 0 Å². The summed E-state index contributed by atoms with van der Waals surface area (Å²) in [5.41, 5.74) is 0.734. The third-order valence-electron chi connectivity index (χ3n) is 2.45. The van der Waals surface area contributed by atoms with Gasteiger partial charge in [0.25, 0.3) is 0 Å². The average molecular weight is 279 g/mol. The van der Waals surface area contributed by atoms with Crippen LogP contribution in [0.3, 0.4) is 0 Å². The number of carbonyl (C=O) groups is 1. The minimum Gasteiger partial charge on any atom is -0.495 e. The molecule has 0 saturated carbocycles. The molecule has 6 heteroatoms. The summed E-state index contributed by atoms with van der Waals surface area (Å²) >= 11 is 5.99. The van der Waals surface area contributed by atoms with Crippen molar-refractivity contribution in [3.8, 4) is 5.75 Å². The monoisotopic (exact) mass is 278 g/mol. The Bertz CT molecular complexity index is 617. The van der Waals surface area contributed by atoms with Crippen molar-refractivity contribution >= 4 is 29.1 Å². The highest BCUT2D eigenvalue weighted by atomic mass is 35.5. The first kappa shape index (κ1) is 13.2. The van der Waals surface area contributed by atoms with Gasteiger partial charge in [0.05, 0.1) is 23.4 Å². The lowest BCUT2D eigenvalue weighted by molar-refractivity contribution is 0.0696. The van der Waals surface area contributed by atoms with Crippen LogP contribution >= 0.6 is 11.6 Å². The Kier molecular flexibility index (Phi) is 3.87. The van der Waals surface area contributed by atoms with Gasteiger partial charge < -0.3 is 15.2 Å². The Morgan fingerprint density at radius 2 is 2.16 bits per heavy atom. The number of hydrogen-bond acceptors (Lipinski definition) is 4. The maximum atomic E-state index is 10.8. The smallest absolute Gasteiger partial charge is 0.337 e. The van der Waals surface area contributed by atoms with E-state index in [0.717, 1.165) is 0 Å². The van der Waals surface area contributed by atoms with Crippen LogP contribution in [0, 0.1) is 0 Å². The summed E-state index contributed by atoms with van der Waals surface area (Å²) in [4.78, 5) is 14.8. The van der Waals surface area contributed by atoms with E-state index in [1.165, 1.54) is 12.3 Å². The number of rotatable bonds is 4. The predicted octanol–water partition coefficient (Wildman–Crippen LogP) is 3.19. The molecule has 0 amide bonds. The van der Waals surface area contributed by atoms with Gasteiger partial charge in [-0.1, -0.05) is 23.7 Å². The topological polar surface area (TPSA) is 71.5 Å². The van der Waals surface area contributed by atoms with Gasteiger partial charge in [0, 0.05) is 6.20 Å². The van der Waals surface area contributed by atoms with E-state index in [-0.39, 0.29) is 10.6 Å². The number of benzene rings is 1. The number of ether oxygens (including phenoxy) is 1. The van der Waals surface area contributed by atoms with E-state index < -0.39 is 5.97 Å². The molecule has 0 saturated heterocycles. The van der Waals surface area contributed by atoms with E-state index >= 15 is 0 Å². The number of anilines is 2. The van der Waals surface area contributed by atoms with Crippen molar-refractivity contribution in [2.24, 2.45) is 0 Å². The molecule has 0 atom stereocenters. The Morgan fingerprint density at radius 1 is 1.42 bits per heavy atom. The van der Waals surface area contributed by atoms with E-state index in [1.54, 1.807) is 13.2 Å². The molecule has 19 heavy (non-hydrogen) atoms. The van der Waals surface area contributed by atoms with Gasteiger partial charge in [-0.25, -0.2) is 9.78 Å². The van der Waals surface area contributed by atoms with Gasteiger partial charge in [-0.2, -0.15) is 0 Å². The lowest BCUT2D eigenvalue weighted by atomic mass is 10.2. The van der Waals surface area contributed by atoms with Crippen molar-refractivity contribution in [2.75, 3.05) is 12.4 Å². The molecule has 1 aromatic carbocycles. The fourth-order valence-corrected chi connectivity index (χ4v) is 1.74. The molecule has 2 rings (SSSR count). The number of nitrogens with zero attached hydrogens (tertiary/aromatic N) is 1. The minimum atomic E-state index is -1.07. The van der Waals surface area contributed by atoms with E-state index in [2.05, 4.69) is 10.3 Å². The fourth-order valence-electron chi connectivity index (χ4n) is 1.52. The van der Waals surface area contributed by atoms with E-state index in [4.69, 9.17) is 21.4 Å². The summed E-state index contributed by atoms with van der Waals surface area (Å²) in [6, 6.07) is 8.62. The number of hydrogen-bond donors (Lipinski definition) is 2. The molecule has 0 bridgehead atoms. The maximum Gasteiger partial charge on any atom is 0.337 e. The second-order valence-corrected chi connectivity index (χ2v) is 4.09. The van der Waals surface area contributed by atoms with E-state index in [9.17, 15) is 4.79 Å². The molecule has 0 unspecified atom stereocenters. The summed E-state index contributed by atoms with van der Waals surface area (Å²) in [5.74, 6) is -0.0583. The summed E-state index contributed by atoms with van der Waals surface area (Å²) in [7, 11) is 1.56. The molecule has 2 N–H and O–H groups in total. The molecule has 0 fully saturated rings. The number of methoxy groups -OCH3 is 1. The predicted molar refractivity (Wildman–Crippen MR) is 72.5 cm³/mol. The number of aromatic carboxylic acids is 1. The van der Waals surface area contributed by atoms with Crippen molar-refractivity contribution in [3.63, 3.8) is 0 Å². The molecule has 2 aromatic rings. The number of carboxylic acids is 1. The van der Waals surface area contributed by atoms with Gasteiger partial charge in [0.2, 0.25) is 0 Å². The highest BCUT2D eigenvalue weighted by Crippen LogP contribution is 2.29. The quantitative estimate of drug-likeness (QED) is 0.899. The number of carboxylic acid groups (broad SMARTS) is 1. The third kappa shape index (κ3) is 2.95. The fraction of sp³-hybridized carbons (Fsp3) is 0.0769. The zero-order valence-electron chi connectivity index (χ0n) is 10.1. The first-order chi connectivity index (χ1) is 9.11. The molecule has 0 aliphatic carbocycles. The molecule has 0 spiro atoms. The first-order valence-corrected chi connectivity index (χ1v) is 5.78. The number of pyridine rings is 1. The van der Waals surface area contributed by atoms with Gasteiger partial charge in [-0.05, 0) is 18.2 Å². The molecular formula is C13H11ClN2O3. The second kappa shape index (κ2) is 5.58. The zero-order valence-corrected chi connectivity index (χ0v) is 10.8. The van der Waals surface area contributed by atoms with Crippen LogP contribution in [0.25, 0.3) is 0 Å². The number of aromatic nitrogens is 1. The Balaban J connectivity index is 2.31. The van der Waals surface area contributed by atoms with Crippen molar-refractivity contribution < 1.29 is 14.6 Å². The van der Waals surface area contributed by atoms with Crippen LogP contribution in [0.2, 0.25) is 5.02 Å². The summed E-state index contributed by atoms with van der Waals surface area (Å²) < 4.78 is 5.19. The molecule has 98 valence electrons. The number of para-hydroxylation sites is 2. The van der Waals surface area contributed by atoms with Crippen LogP contribution in [0.5, 0.6) is 5.75 Å². The maximum absolute atomic E-state index is 10.8. The second-order valence-electron chi connectivity index (χ2n) is 3.68. The van der Waals surface area contributed by atoms with Crippen LogP contribution in [0.1, 0.15) is 10.4 Å². The number of halogens is 1. The number of nitrogens with one attached hydrogen (secondary N) is 1. The largest absolute Gasteiger partial charge is 0.495 e. The average Bonchev–Trinajstić information content (AvgIpc) is 2.41. The van der Waals surface area contributed by atoms with Gasteiger partial charge in [-0.3, -0.25) is 0 Å². The lowest BCUT2D eigenvalue weighted by Gasteiger charge is -2.11. The van der Waals surface area contributed by atoms with Crippen molar-refractivity contribution in [2.45, 2.75) is 0 Å². The van der Waals surface area contributed by atoms with Crippen LogP contribution in [-0.4, -0.2) is 23.2 Å². The normalized spacial score (nSPS) is 10.0. The molecule has 0 radical (unpaired) electrons. The molecular weight excluding hydrogens is 268 g/mol. The van der Waals surface area contributed by atoms with Crippen LogP contribution in [0.15, 0.2) is 36.5 Å². The highest BCUT2D eigenvalue weighted by Gasteiger charge is 2.10. The Labute approximate surface area is 114 Å². The SMILES string of the molecule is COc1ccccc1Nc1ncc(C(=O)O)cc1Cl. The van der Waals surface area contributed by atoms with Gasteiger partial charge >= 0.3 is 5.97 Å². The molecule has 1 heterocycles. The molecule has 1 aromatic heterocycles. The summed E-state index contributed by atoms with van der Waals surface area (Å²) in [6.45, 7) is 0. The van der Waals surface area contributed by atoms with E-state index in [1.807, 2.05) is 18.2 Å². The Morgan fingerprint density at radius 3 is 2.79 bits per heavy atom. The van der Waals surface area contributed by atoms with E-state index in [0.29, 0.717) is 17.3 Å². The van der Waals surface area contributed by atoms with Gasteiger partial charge in [0.1, 0.15) is 11.6 Å². The molecule has 0 aliphatic rings. The van der Waals surface area contributed by atoms with Crippen LogP contribution < -0.4 is 10.1 Å². The van der Waals surface area contributed by atoms with Crippen molar-refractivity contribution in [1.82, 2.24) is 4.98 Å². The minimum absolute atomic E-state index is 0.0376. The lowest BCUT2D eigenvalue weighted by Crippen LogP contribution is -2.01. The highest BCUT2D eigenvalue weighted by molar-refractivity contribution is 6.33. The summed E-state index contributed by atoms with van der Waals surface area (Å²) in [6.07, 6.45) is 1.24. The van der Waals surface area contributed by atoms with Crippen LogP contribution in [-0.2, 0) is 0 Å².